The van der Waals surface area contributed by atoms with Crippen LogP contribution in [0.1, 0.15) is 15.9 Å². The van der Waals surface area contributed by atoms with E-state index in [4.69, 9.17) is 6.42 Å². The van der Waals surface area contributed by atoms with Gasteiger partial charge in [-0.25, -0.2) is 0 Å². The summed E-state index contributed by atoms with van der Waals surface area (Å²) >= 11 is 0. The van der Waals surface area contributed by atoms with Crippen LogP contribution >= 0.6 is 0 Å². The summed E-state index contributed by atoms with van der Waals surface area (Å²) in [5.41, 5.74) is 3.39. The Labute approximate surface area is 94.7 Å². The fraction of sp³-hybridized carbons (Fsp3) is 0. The van der Waals surface area contributed by atoms with Gasteiger partial charge in [-0.1, -0.05) is 48.4 Å². The van der Waals surface area contributed by atoms with Gasteiger partial charge in [0.1, 0.15) is 6.29 Å². The molecule has 76 valence electrons. The maximum absolute atomic E-state index is 10.7. The summed E-state index contributed by atoms with van der Waals surface area (Å²) in [6.07, 6.45) is 6.25. The molecule has 0 unspecified atom stereocenters. The first-order chi connectivity index (χ1) is 7.85. The summed E-state index contributed by atoms with van der Waals surface area (Å²) in [5, 5.41) is 0. The molecule has 0 saturated carbocycles. The monoisotopic (exact) mass is 206 g/mol. The van der Waals surface area contributed by atoms with Crippen LogP contribution in [0.25, 0.3) is 11.1 Å². The van der Waals surface area contributed by atoms with E-state index in [9.17, 15) is 4.79 Å². The normalized spacial score (nSPS) is 9.44. The van der Waals surface area contributed by atoms with E-state index in [0.29, 0.717) is 5.56 Å². The number of rotatable bonds is 2. The van der Waals surface area contributed by atoms with Gasteiger partial charge in [-0.05, 0) is 17.2 Å². The quantitative estimate of drug-likeness (QED) is 0.545. The van der Waals surface area contributed by atoms with Crippen LogP contribution in [-0.4, -0.2) is 6.29 Å². The Hall–Kier alpha value is -2.33. The molecule has 0 aliphatic carbocycles. The molecule has 1 nitrogen and oxygen atoms in total. The van der Waals surface area contributed by atoms with Crippen LogP contribution in [0.15, 0.2) is 48.5 Å². The Morgan fingerprint density at radius 1 is 1.06 bits per heavy atom. The molecule has 2 aromatic rings. The van der Waals surface area contributed by atoms with E-state index in [1.165, 1.54) is 0 Å². The highest BCUT2D eigenvalue weighted by Crippen LogP contribution is 2.23. The molecule has 0 aromatic heterocycles. The molecular formula is C15H10O. The first-order valence-corrected chi connectivity index (χ1v) is 4.96. The first-order valence-electron chi connectivity index (χ1n) is 4.96. The molecule has 0 atom stereocenters. The van der Waals surface area contributed by atoms with Crippen molar-refractivity contribution < 1.29 is 4.79 Å². The lowest BCUT2D eigenvalue weighted by molar-refractivity contribution is 0.112. The Balaban J connectivity index is 2.59. The third-order valence-electron chi connectivity index (χ3n) is 2.42. The van der Waals surface area contributed by atoms with E-state index in [2.05, 4.69) is 5.92 Å². The molecule has 2 aromatic carbocycles. The van der Waals surface area contributed by atoms with Gasteiger partial charge in [-0.3, -0.25) is 4.79 Å². The first kappa shape index (κ1) is 10.2. The zero-order valence-electron chi connectivity index (χ0n) is 8.68. The van der Waals surface area contributed by atoms with E-state index in [1.807, 2.05) is 36.4 Å². The van der Waals surface area contributed by atoms with E-state index >= 15 is 0 Å². The van der Waals surface area contributed by atoms with Gasteiger partial charge >= 0.3 is 0 Å². The van der Waals surface area contributed by atoms with Crippen molar-refractivity contribution in [2.24, 2.45) is 0 Å². The molecule has 16 heavy (non-hydrogen) atoms. The van der Waals surface area contributed by atoms with Gasteiger partial charge in [0.25, 0.3) is 0 Å². The number of aldehydes is 1. The topological polar surface area (TPSA) is 17.1 Å². The van der Waals surface area contributed by atoms with Gasteiger partial charge in [0.05, 0.1) is 0 Å². The summed E-state index contributed by atoms with van der Waals surface area (Å²) in [6, 6.07) is 15.3. The molecule has 0 fully saturated rings. The van der Waals surface area contributed by atoms with Gasteiger partial charge in [-0.15, -0.1) is 6.42 Å². The third kappa shape index (κ3) is 1.87. The zero-order valence-corrected chi connectivity index (χ0v) is 8.68. The molecule has 0 amide bonds. The van der Waals surface area contributed by atoms with Crippen molar-refractivity contribution in [2.75, 3.05) is 0 Å². The van der Waals surface area contributed by atoms with E-state index < -0.39 is 0 Å². The Kier molecular flexibility index (Phi) is 2.84. The number of benzene rings is 2. The van der Waals surface area contributed by atoms with Crippen LogP contribution in [0.2, 0.25) is 0 Å². The van der Waals surface area contributed by atoms with Crippen molar-refractivity contribution in [3.8, 4) is 23.5 Å². The predicted molar refractivity (Wildman–Crippen MR) is 65.2 cm³/mol. The lowest BCUT2D eigenvalue weighted by Gasteiger charge is -2.05. The van der Waals surface area contributed by atoms with Crippen molar-refractivity contribution >= 4 is 6.29 Å². The number of carbonyl (C=O) groups is 1. The highest BCUT2D eigenvalue weighted by molar-refractivity contribution is 5.80. The molecule has 0 aliphatic heterocycles. The van der Waals surface area contributed by atoms with Gasteiger partial charge in [-0.2, -0.15) is 0 Å². The molecular weight excluding hydrogens is 196 g/mol. The molecule has 0 N–H and O–H groups in total. The zero-order chi connectivity index (χ0) is 11.4. The minimum absolute atomic E-state index is 0.604. The number of carbonyl (C=O) groups excluding carboxylic acids is 1. The Morgan fingerprint density at radius 2 is 1.81 bits per heavy atom. The van der Waals surface area contributed by atoms with Gasteiger partial charge < -0.3 is 0 Å². The van der Waals surface area contributed by atoms with Crippen LogP contribution in [0.4, 0.5) is 0 Å². The second-order valence-electron chi connectivity index (χ2n) is 3.43. The lowest BCUT2D eigenvalue weighted by atomic mass is 9.98. The SMILES string of the molecule is C#Cc1cc(C=O)ccc1-c1ccccc1. The maximum atomic E-state index is 10.7. The minimum Gasteiger partial charge on any atom is -0.298 e. The van der Waals surface area contributed by atoms with E-state index in [0.717, 1.165) is 23.0 Å². The van der Waals surface area contributed by atoms with Crippen molar-refractivity contribution in [3.05, 3.63) is 59.7 Å². The molecule has 0 bridgehead atoms. The second-order valence-corrected chi connectivity index (χ2v) is 3.43. The molecule has 1 heteroatoms. The van der Waals surface area contributed by atoms with Crippen molar-refractivity contribution in [1.29, 1.82) is 0 Å². The molecule has 0 spiro atoms. The van der Waals surface area contributed by atoms with Crippen LogP contribution in [0, 0.1) is 12.3 Å². The lowest BCUT2D eigenvalue weighted by Crippen LogP contribution is -1.87. The highest BCUT2D eigenvalue weighted by Gasteiger charge is 2.03. The number of terminal acetylenes is 1. The van der Waals surface area contributed by atoms with Crippen LogP contribution < -0.4 is 0 Å². The van der Waals surface area contributed by atoms with Crippen molar-refractivity contribution in [2.45, 2.75) is 0 Å². The predicted octanol–water partition coefficient (Wildman–Crippen LogP) is 3.15. The van der Waals surface area contributed by atoms with Gasteiger partial charge in [0.2, 0.25) is 0 Å². The van der Waals surface area contributed by atoms with Crippen molar-refractivity contribution in [3.63, 3.8) is 0 Å². The molecule has 0 saturated heterocycles. The summed E-state index contributed by atoms with van der Waals surface area (Å²) in [7, 11) is 0. The highest BCUT2D eigenvalue weighted by atomic mass is 16.1. The fourth-order valence-electron chi connectivity index (χ4n) is 1.62. The standard InChI is InChI=1S/C15H10O/c1-2-13-10-12(11-16)8-9-15(13)14-6-4-3-5-7-14/h1,3-11H. The minimum atomic E-state index is 0.604. The largest absolute Gasteiger partial charge is 0.298 e. The van der Waals surface area contributed by atoms with Gasteiger partial charge in [0, 0.05) is 11.1 Å². The second kappa shape index (κ2) is 4.46. The van der Waals surface area contributed by atoms with E-state index in [-0.39, 0.29) is 0 Å². The summed E-state index contributed by atoms with van der Waals surface area (Å²) in [5.74, 6) is 2.61. The maximum Gasteiger partial charge on any atom is 0.150 e. The van der Waals surface area contributed by atoms with Gasteiger partial charge in [0.15, 0.2) is 0 Å². The third-order valence-corrected chi connectivity index (χ3v) is 2.42. The molecule has 0 aliphatic rings. The number of hydrogen-bond acceptors (Lipinski definition) is 1. The average Bonchev–Trinajstić information content (AvgIpc) is 2.39. The molecule has 2 rings (SSSR count). The van der Waals surface area contributed by atoms with E-state index in [1.54, 1.807) is 12.1 Å². The summed E-state index contributed by atoms with van der Waals surface area (Å²) < 4.78 is 0. The van der Waals surface area contributed by atoms with Crippen LogP contribution in [-0.2, 0) is 0 Å². The van der Waals surface area contributed by atoms with Crippen LogP contribution in [0.3, 0.4) is 0 Å². The Morgan fingerprint density at radius 3 is 2.44 bits per heavy atom. The summed E-state index contributed by atoms with van der Waals surface area (Å²) in [6.45, 7) is 0. The fourth-order valence-corrected chi connectivity index (χ4v) is 1.62. The Bertz CT molecular complexity index is 547. The molecule has 0 heterocycles. The average molecular weight is 206 g/mol. The van der Waals surface area contributed by atoms with Crippen LogP contribution in [0.5, 0.6) is 0 Å². The molecule has 0 radical (unpaired) electrons. The summed E-state index contributed by atoms with van der Waals surface area (Å²) in [4.78, 5) is 10.7. The smallest absolute Gasteiger partial charge is 0.150 e. The number of hydrogen-bond donors (Lipinski definition) is 0. The van der Waals surface area contributed by atoms with Crippen molar-refractivity contribution in [1.82, 2.24) is 0 Å².